The standard InChI is InChI=1S/C10H18O2/c1-10(2,9(11)12)7-8-5-3-4-6-8/h8H,3-7H2,1-2H3,(H,11,12). The molecule has 1 aliphatic rings. The third-order valence-electron chi connectivity index (χ3n) is 2.85. The number of carboxylic acids is 1. The predicted molar refractivity (Wildman–Crippen MR) is 48.0 cm³/mol. The Morgan fingerprint density at radius 2 is 1.92 bits per heavy atom. The zero-order valence-electron chi connectivity index (χ0n) is 7.97. The Labute approximate surface area is 74.0 Å². The van der Waals surface area contributed by atoms with Crippen LogP contribution in [-0.2, 0) is 4.79 Å². The summed E-state index contributed by atoms with van der Waals surface area (Å²) >= 11 is 0. The summed E-state index contributed by atoms with van der Waals surface area (Å²) in [5.41, 5.74) is -0.519. The summed E-state index contributed by atoms with van der Waals surface area (Å²) in [6, 6.07) is 0. The van der Waals surface area contributed by atoms with Crippen LogP contribution in [0, 0.1) is 11.3 Å². The van der Waals surface area contributed by atoms with Gasteiger partial charge in [-0.05, 0) is 26.2 Å². The SMILES string of the molecule is CC(C)(CC1CCCC1)C(=O)O. The minimum atomic E-state index is -0.658. The molecule has 1 fully saturated rings. The lowest BCUT2D eigenvalue weighted by Gasteiger charge is -2.22. The van der Waals surface area contributed by atoms with Gasteiger partial charge in [0.25, 0.3) is 0 Å². The van der Waals surface area contributed by atoms with E-state index < -0.39 is 11.4 Å². The van der Waals surface area contributed by atoms with Crippen molar-refractivity contribution in [2.24, 2.45) is 11.3 Å². The van der Waals surface area contributed by atoms with E-state index in [0.717, 1.165) is 6.42 Å². The van der Waals surface area contributed by atoms with Crippen LogP contribution in [0.3, 0.4) is 0 Å². The van der Waals surface area contributed by atoms with Gasteiger partial charge in [0, 0.05) is 0 Å². The van der Waals surface area contributed by atoms with E-state index in [0.29, 0.717) is 5.92 Å². The Kier molecular flexibility index (Phi) is 2.76. The van der Waals surface area contributed by atoms with E-state index in [2.05, 4.69) is 0 Å². The Balaban J connectivity index is 2.42. The minimum absolute atomic E-state index is 0.519. The Hall–Kier alpha value is -0.530. The van der Waals surface area contributed by atoms with Crippen molar-refractivity contribution in [3.05, 3.63) is 0 Å². The largest absolute Gasteiger partial charge is 0.481 e. The van der Waals surface area contributed by atoms with E-state index in [4.69, 9.17) is 5.11 Å². The summed E-state index contributed by atoms with van der Waals surface area (Å²) in [5.74, 6) is 0.00509. The molecule has 0 radical (unpaired) electrons. The molecule has 1 rings (SSSR count). The van der Waals surface area contributed by atoms with E-state index in [9.17, 15) is 4.79 Å². The lowest BCUT2D eigenvalue weighted by Crippen LogP contribution is -2.26. The first-order valence-electron chi connectivity index (χ1n) is 4.76. The topological polar surface area (TPSA) is 37.3 Å². The highest BCUT2D eigenvalue weighted by Crippen LogP contribution is 2.35. The van der Waals surface area contributed by atoms with Crippen LogP contribution in [0.5, 0.6) is 0 Å². The molecule has 70 valence electrons. The first-order chi connectivity index (χ1) is 5.52. The van der Waals surface area contributed by atoms with Crippen LogP contribution >= 0.6 is 0 Å². The number of carboxylic acid groups (broad SMARTS) is 1. The third-order valence-corrected chi connectivity index (χ3v) is 2.85. The van der Waals surface area contributed by atoms with E-state index in [-0.39, 0.29) is 0 Å². The molecule has 2 heteroatoms. The quantitative estimate of drug-likeness (QED) is 0.707. The van der Waals surface area contributed by atoms with Crippen LogP contribution in [-0.4, -0.2) is 11.1 Å². The van der Waals surface area contributed by atoms with Gasteiger partial charge >= 0.3 is 5.97 Å². The maximum absolute atomic E-state index is 10.8. The fourth-order valence-electron chi connectivity index (χ4n) is 2.02. The van der Waals surface area contributed by atoms with Crippen molar-refractivity contribution >= 4 is 5.97 Å². The number of aliphatic carboxylic acids is 1. The fourth-order valence-corrected chi connectivity index (χ4v) is 2.02. The second kappa shape index (κ2) is 3.46. The average molecular weight is 170 g/mol. The average Bonchev–Trinajstić information content (AvgIpc) is 2.38. The van der Waals surface area contributed by atoms with Crippen LogP contribution < -0.4 is 0 Å². The molecule has 0 spiro atoms. The van der Waals surface area contributed by atoms with Gasteiger partial charge in [-0.2, -0.15) is 0 Å². The van der Waals surface area contributed by atoms with Crippen LogP contribution in [0.1, 0.15) is 46.0 Å². The van der Waals surface area contributed by atoms with Gasteiger partial charge in [-0.3, -0.25) is 4.79 Å². The van der Waals surface area contributed by atoms with Crippen LogP contribution in [0.4, 0.5) is 0 Å². The molecule has 12 heavy (non-hydrogen) atoms. The molecule has 0 aromatic heterocycles. The highest BCUT2D eigenvalue weighted by molar-refractivity contribution is 5.73. The van der Waals surface area contributed by atoms with E-state index in [1.54, 1.807) is 0 Å². The van der Waals surface area contributed by atoms with Gasteiger partial charge in [0.15, 0.2) is 0 Å². The highest BCUT2D eigenvalue weighted by atomic mass is 16.4. The molecule has 0 bridgehead atoms. The second-order valence-electron chi connectivity index (χ2n) is 4.54. The monoisotopic (exact) mass is 170 g/mol. The van der Waals surface area contributed by atoms with Crippen molar-refractivity contribution in [1.29, 1.82) is 0 Å². The summed E-state index contributed by atoms with van der Waals surface area (Å²) < 4.78 is 0. The van der Waals surface area contributed by atoms with Gasteiger partial charge in [-0.15, -0.1) is 0 Å². The summed E-state index contributed by atoms with van der Waals surface area (Å²) in [7, 11) is 0. The minimum Gasteiger partial charge on any atom is -0.481 e. The lowest BCUT2D eigenvalue weighted by atomic mass is 9.82. The van der Waals surface area contributed by atoms with Gasteiger partial charge in [0.2, 0.25) is 0 Å². The van der Waals surface area contributed by atoms with Crippen molar-refractivity contribution in [1.82, 2.24) is 0 Å². The molecule has 1 N–H and O–H groups in total. The summed E-state index contributed by atoms with van der Waals surface area (Å²) in [6.07, 6.45) is 5.90. The van der Waals surface area contributed by atoms with Gasteiger partial charge in [0.1, 0.15) is 0 Å². The van der Waals surface area contributed by atoms with Crippen molar-refractivity contribution in [2.75, 3.05) is 0 Å². The first-order valence-corrected chi connectivity index (χ1v) is 4.76. The highest BCUT2D eigenvalue weighted by Gasteiger charge is 2.31. The summed E-state index contributed by atoms with van der Waals surface area (Å²) in [5, 5.41) is 8.90. The van der Waals surface area contributed by atoms with Gasteiger partial charge in [0.05, 0.1) is 5.41 Å². The smallest absolute Gasteiger partial charge is 0.309 e. The fraction of sp³-hybridized carbons (Fsp3) is 0.900. The predicted octanol–water partition coefficient (Wildman–Crippen LogP) is 2.68. The Morgan fingerprint density at radius 1 is 1.42 bits per heavy atom. The molecular weight excluding hydrogens is 152 g/mol. The molecule has 0 aromatic carbocycles. The maximum Gasteiger partial charge on any atom is 0.309 e. The van der Waals surface area contributed by atoms with Crippen LogP contribution in [0.15, 0.2) is 0 Å². The van der Waals surface area contributed by atoms with Crippen molar-refractivity contribution in [3.63, 3.8) is 0 Å². The van der Waals surface area contributed by atoms with E-state index in [1.807, 2.05) is 13.8 Å². The molecule has 0 aliphatic heterocycles. The summed E-state index contributed by atoms with van der Waals surface area (Å²) in [4.78, 5) is 10.8. The zero-order chi connectivity index (χ0) is 9.19. The van der Waals surface area contributed by atoms with Gasteiger partial charge in [-0.1, -0.05) is 25.7 Å². The van der Waals surface area contributed by atoms with Crippen LogP contribution in [0.25, 0.3) is 0 Å². The molecular formula is C10H18O2. The Bertz CT molecular complexity index is 167. The zero-order valence-corrected chi connectivity index (χ0v) is 7.97. The van der Waals surface area contributed by atoms with Crippen LogP contribution in [0.2, 0.25) is 0 Å². The molecule has 0 atom stereocenters. The molecule has 1 saturated carbocycles. The van der Waals surface area contributed by atoms with Gasteiger partial charge in [-0.25, -0.2) is 0 Å². The van der Waals surface area contributed by atoms with Crippen molar-refractivity contribution in [2.45, 2.75) is 46.0 Å². The Morgan fingerprint density at radius 3 is 2.33 bits per heavy atom. The van der Waals surface area contributed by atoms with Crippen molar-refractivity contribution in [3.8, 4) is 0 Å². The molecule has 1 aliphatic carbocycles. The molecule has 0 aromatic rings. The maximum atomic E-state index is 10.8. The lowest BCUT2D eigenvalue weighted by molar-refractivity contribution is -0.147. The third kappa shape index (κ3) is 2.23. The van der Waals surface area contributed by atoms with Gasteiger partial charge < -0.3 is 5.11 Å². The molecule has 0 unspecified atom stereocenters. The first kappa shape index (κ1) is 9.56. The number of hydrogen-bond donors (Lipinski definition) is 1. The second-order valence-corrected chi connectivity index (χ2v) is 4.54. The number of rotatable bonds is 3. The molecule has 2 nitrogen and oxygen atoms in total. The number of carbonyl (C=O) groups is 1. The molecule has 0 amide bonds. The van der Waals surface area contributed by atoms with Crippen molar-refractivity contribution < 1.29 is 9.90 Å². The molecule has 0 heterocycles. The number of hydrogen-bond acceptors (Lipinski definition) is 1. The van der Waals surface area contributed by atoms with E-state index >= 15 is 0 Å². The normalized spacial score (nSPS) is 19.8. The van der Waals surface area contributed by atoms with E-state index in [1.165, 1.54) is 25.7 Å². The summed E-state index contributed by atoms with van der Waals surface area (Å²) in [6.45, 7) is 3.65. The molecule has 0 saturated heterocycles.